The lowest BCUT2D eigenvalue weighted by Gasteiger charge is -2.29. The molecule has 1 aromatic rings. The van der Waals surface area contributed by atoms with E-state index < -0.39 is 11.0 Å². The summed E-state index contributed by atoms with van der Waals surface area (Å²) in [6.45, 7) is 2.53. The van der Waals surface area contributed by atoms with Crippen molar-refractivity contribution in [2.24, 2.45) is 0 Å². The number of alkyl halides is 1. The molecule has 1 heterocycles. The summed E-state index contributed by atoms with van der Waals surface area (Å²) in [5.74, 6) is 0.0718. The van der Waals surface area contributed by atoms with E-state index in [9.17, 15) is 14.9 Å². The molecule has 0 aromatic carbocycles. The fourth-order valence-electron chi connectivity index (χ4n) is 1.79. The molecule has 126 valence electrons. The van der Waals surface area contributed by atoms with Gasteiger partial charge in [-0.15, -0.1) is 0 Å². The number of nitro groups is 1. The minimum absolute atomic E-state index is 0.0718. The maximum absolute atomic E-state index is 11.8. The molecule has 0 saturated carbocycles. The predicted octanol–water partition coefficient (Wildman–Crippen LogP) is 2.90. The molecule has 0 aliphatic heterocycles. The number of amides is 1. The normalized spacial score (nSPS) is 11.0. The van der Waals surface area contributed by atoms with Crippen LogP contribution >= 0.6 is 23.2 Å². The molecule has 23 heavy (non-hydrogen) atoms. The van der Waals surface area contributed by atoms with Crippen LogP contribution in [0.2, 0.25) is 5.15 Å². The Morgan fingerprint density at radius 1 is 1.52 bits per heavy atom. The fraction of sp³-hybridized carbons (Fsp3) is 0.385. The van der Waals surface area contributed by atoms with Crippen molar-refractivity contribution in [2.45, 2.75) is 13.5 Å². The van der Waals surface area contributed by atoms with Crippen molar-refractivity contribution in [3.8, 4) is 0 Å². The minimum Gasteiger partial charge on any atom is -0.433 e. The van der Waals surface area contributed by atoms with Crippen LogP contribution < -0.4 is 0 Å². The highest BCUT2D eigenvalue weighted by Gasteiger charge is 2.23. The van der Waals surface area contributed by atoms with Crippen molar-refractivity contribution in [1.82, 2.24) is 14.8 Å². The second-order valence-electron chi connectivity index (χ2n) is 4.35. The zero-order chi connectivity index (χ0) is 17.4. The van der Waals surface area contributed by atoms with E-state index in [2.05, 4.69) is 9.72 Å². The van der Waals surface area contributed by atoms with E-state index in [1.54, 1.807) is 30.2 Å². The van der Waals surface area contributed by atoms with Gasteiger partial charge in [-0.25, -0.2) is 9.78 Å². The molecule has 0 spiro atoms. The van der Waals surface area contributed by atoms with Gasteiger partial charge in [0.2, 0.25) is 0 Å². The second-order valence-corrected chi connectivity index (χ2v) is 4.96. The first-order chi connectivity index (χ1) is 10.9. The summed E-state index contributed by atoms with van der Waals surface area (Å²) in [4.78, 5) is 28.6. The van der Waals surface area contributed by atoms with E-state index in [-0.39, 0.29) is 11.9 Å². The van der Waals surface area contributed by atoms with Crippen LogP contribution in [-0.4, -0.2) is 45.5 Å². The molecule has 0 radical (unpaired) electrons. The van der Waals surface area contributed by atoms with Gasteiger partial charge in [-0.2, -0.15) is 0 Å². The summed E-state index contributed by atoms with van der Waals surface area (Å²) < 4.78 is 4.66. The standard InChI is InChI=1S/C13H16Cl2N4O4/c1-3-18(7-10-4-5-11(15)16-6-10)12(8-19(21)22)17(2)13(20)23-9-14/h4-6,8H,3,7,9H2,1-2H3/b12-8-. The Hall–Kier alpha value is -2.06. The molecule has 1 amide bonds. The molecule has 0 aliphatic carbocycles. The van der Waals surface area contributed by atoms with Gasteiger partial charge < -0.3 is 9.64 Å². The van der Waals surface area contributed by atoms with Gasteiger partial charge in [0, 0.05) is 26.3 Å². The van der Waals surface area contributed by atoms with Crippen molar-refractivity contribution in [3.05, 3.63) is 51.2 Å². The molecule has 0 N–H and O–H groups in total. The molecule has 1 rings (SSSR count). The Kier molecular flexibility index (Phi) is 7.56. The van der Waals surface area contributed by atoms with Gasteiger partial charge in [-0.3, -0.25) is 15.0 Å². The zero-order valence-corrected chi connectivity index (χ0v) is 14.1. The van der Waals surface area contributed by atoms with Crippen LogP contribution in [0.15, 0.2) is 30.4 Å². The number of carbonyl (C=O) groups excluding carboxylic acids is 1. The molecular formula is C13H16Cl2N4O4. The largest absolute Gasteiger partial charge is 0.433 e. The third-order valence-electron chi connectivity index (χ3n) is 2.88. The van der Waals surface area contributed by atoms with Crippen molar-refractivity contribution < 1.29 is 14.5 Å². The molecule has 0 atom stereocenters. The predicted molar refractivity (Wildman–Crippen MR) is 85.4 cm³/mol. The smallest absolute Gasteiger partial charge is 0.416 e. The summed E-state index contributed by atoms with van der Waals surface area (Å²) in [7, 11) is 1.37. The van der Waals surface area contributed by atoms with E-state index in [4.69, 9.17) is 23.2 Å². The van der Waals surface area contributed by atoms with Crippen LogP contribution in [0.5, 0.6) is 0 Å². The quantitative estimate of drug-likeness (QED) is 0.320. The molecular weight excluding hydrogens is 347 g/mol. The topological polar surface area (TPSA) is 88.8 Å². The van der Waals surface area contributed by atoms with Crippen LogP contribution in [0.3, 0.4) is 0 Å². The molecule has 8 nitrogen and oxygen atoms in total. The van der Waals surface area contributed by atoms with E-state index in [1.165, 1.54) is 7.05 Å². The molecule has 1 aromatic heterocycles. The second kappa shape index (κ2) is 9.16. The fourth-order valence-corrected chi connectivity index (χ4v) is 1.99. The maximum Gasteiger partial charge on any atom is 0.416 e. The van der Waals surface area contributed by atoms with Crippen LogP contribution in [0, 0.1) is 10.1 Å². The van der Waals surface area contributed by atoms with Gasteiger partial charge in [0.1, 0.15) is 5.15 Å². The summed E-state index contributed by atoms with van der Waals surface area (Å²) in [6.07, 6.45) is 1.51. The van der Waals surface area contributed by atoms with Gasteiger partial charge >= 0.3 is 6.09 Å². The third-order valence-corrected chi connectivity index (χ3v) is 3.22. The molecule has 0 fully saturated rings. The highest BCUT2D eigenvalue weighted by atomic mass is 35.5. The lowest BCUT2D eigenvalue weighted by molar-refractivity contribution is -0.405. The van der Waals surface area contributed by atoms with E-state index in [1.807, 2.05) is 0 Å². The number of pyridine rings is 1. The Labute approximate surface area is 143 Å². The van der Waals surface area contributed by atoms with Gasteiger partial charge in [-0.05, 0) is 18.6 Å². The molecule has 10 heteroatoms. The first-order valence-corrected chi connectivity index (χ1v) is 7.47. The van der Waals surface area contributed by atoms with E-state index in [0.717, 1.165) is 16.7 Å². The third kappa shape index (κ3) is 5.91. The average Bonchev–Trinajstić information content (AvgIpc) is 2.51. The summed E-state index contributed by atoms with van der Waals surface area (Å²) in [6, 6.07) is 3.02. The van der Waals surface area contributed by atoms with Gasteiger partial charge in [-0.1, -0.05) is 29.3 Å². The Balaban J connectivity index is 3.04. The molecule has 0 saturated heterocycles. The Morgan fingerprint density at radius 3 is 2.70 bits per heavy atom. The van der Waals surface area contributed by atoms with Crippen LogP contribution in [0.25, 0.3) is 0 Å². The zero-order valence-electron chi connectivity index (χ0n) is 12.6. The Bertz CT molecular complexity index is 580. The SMILES string of the molecule is CCN(Cc1ccc(Cl)nc1)/C(=C\[N+](=O)[O-])N(C)C(=O)OCCl. The first-order valence-electron chi connectivity index (χ1n) is 6.56. The monoisotopic (exact) mass is 362 g/mol. The Morgan fingerprint density at radius 2 is 2.22 bits per heavy atom. The number of carbonyl (C=O) groups is 1. The number of aromatic nitrogens is 1. The highest BCUT2D eigenvalue weighted by molar-refractivity contribution is 6.29. The summed E-state index contributed by atoms with van der Waals surface area (Å²) in [5, 5.41) is 11.2. The van der Waals surface area contributed by atoms with Crippen LogP contribution in [0.4, 0.5) is 4.79 Å². The van der Waals surface area contributed by atoms with Gasteiger partial charge in [0.05, 0.1) is 4.92 Å². The number of hydrogen-bond donors (Lipinski definition) is 0. The molecule has 0 unspecified atom stereocenters. The summed E-state index contributed by atoms with van der Waals surface area (Å²) in [5.41, 5.74) is 0.782. The minimum atomic E-state index is -0.791. The van der Waals surface area contributed by atoms with E-state index in [0.29, 0.717) is 18.2 Å². The maximum atomic E-state index is 11.8. The number of rotatable bonds is 7. The van der Waals surface area contributed by atoms with Gasteiger partial charge in [0.15, 0.2) is 11.9 Å². The molecule has 0 bridgehead atoms. The summed E-state index contributed by atoms with van der Waals surface area (Å²) >= 11 is 11.1. The number of ether oxygens (including phenoxy) is 1. The average molecular weight is 363 g/mol. The van der Waals surface area contributed by atoms with E-state index >= 15 is 0 Å². The van der Waals surface area contributed by atoms with Crippen LogP contribution in [-0.2, 0) is 11.3 Å². The number of nitrogens with zero attached hydrogens (tertiary/aromatic N) is 4. The van der Waals surface area contributed by atoms with Gasteiger partial charge in [0.25, 0.3) is 6.20 Å². The van der Waals surface area contributed by atoms with Crippen LogP contribution in [0.1, 0.15) is 12.5 Å². The first kappa shape index (κ1) is 19.0. The van der Waals surface area contributed by atoms with Crippen molar-refractivity contribution in [2.75, 3.05) is 19.7 Å². The molecule has 0 aliphatic rings. The van der Waals surface area contributed by atoms with Crippen molar-refractivity contribution in [1.29, 1.82) is 0 Å². The number of halogens is 2. The number of hydrogen-bond acceptors (Lipinski definition) is 6. The van der Waals surface area contributed by atoms with Crippen molar-refractivity contribution >= 4 is 29.3 Å². The van der Waals surface area contributed by atoms with Crippen molar-refractivity contribution in [3.63, 3.8) is 0 Å². The lowest BCUT2D eigenvalue weighted by atomic mass is 10.2. The highest BCUT2D eigenvalue weighted by Crippen LogP contribution is 2.16. The lowest BCUT2D eigenvalue weighted by Crippen LogP contribution is -2.37.